The van der Waals surface area contributed by atoms with Gasteiger partial charge in [-0.05, 0) is 6.42 Å². The van der Waals surface area contributed by atoms with Crippen molar-refractivity contribution in [2.45, 2.75) is 19.8 Å². The van der Waals surface area contributed by atoms with Crippen LogP contribution in [0.15, 0.2) is 12.4 Å². The molecule has 0 amide bonds. The van der Waals surface area contributed by atoms with E-state index in [9.17, 15) is 4.79 Å². The number of carbonyl (C=O) groups excluding carboxylic acids is 1. The first-order valence-corrected chi connectivity index (χ1v) is 4.16. The van der Waals surface area contributed by atoms with E-state index in [0.29, 0.717) is 13.1 Å². The molecule has 0 spiro atoms. The molecule has 1 aliphatic rings. The van der Waals surface area contributed by atoms with Crippen LogP contribution in [0.1, 0.15) is 19.8 Å². The van der Waals surface area contributed by atoms with Crippen LogP contribution in [-0.2, 0) is 9.63 Å². The first-order chi connectivity index (χ1) is 5.86. The van der Waals surface area contributed by atoms with E-state index in [1.54, 1.807) is 6.20 Å². The van der Waals surface area contributed by atoms with Gasteiger partial charge in [-0.2, -0.15) is 5.06 Å². The van der Waals surface area contributed by atoms with Gasteiger partial charge in [-0.15, -0.1) is 0 Å². The highest BCUT2D eigenvalue weighted by molar-refractivity contribution is 5.36. The standard InChI is InChI=1S/C8H14N2O2/c1-2-3-4-9-5-6-10(7-9)12-8-11/h5-6,8H,2-4,7H2,1H3. The van der Waals surface area contributed by atoms with Gasteiger partial charge in [-0.25, -0.2) is 0 Å². The first kappa shape index (κ1) is 8.90. The van der Waals surface area contributed by atoms with Gasteiger partial charge in [-0.1, -0.05) is 13.3 Å². The van der Waals surface area contributed by atoms with Crippen LogP contribution >= 0.6 is 0 Å². The van der Waals surface area contributed by atoms with Crippen molar-refractivity contribution >= 4 is 6.47 Å². The summed E-state index contributed by atoms with van der Waals surface area (Å²) in [5.74, 6) is 0. The van der Waals surface area contributed by atoms with E-state index in [0.717, 1.165) is 6.54 Å². The van der Waals surface area contributed by atoms with Crippen molar-refractivity contribution in [2.75, 3.05) is 13.2 Å². The number of nitrogens with zero attached hydrogens (tertiary/aromatic N) is 2. The predicted octanol–water partition coefficient (Wildman–Crippen LogP) is 0.921. The van der Waals surface area contributed by atoms with E-state index in [1.807, 2.05) is 6.20 Å². The van der Waals surface area contributed by atoms with E-state index in [2.05, 4.69) is 16.7 Å². The van der Waals surface area contributed by atoms with Crippen LogP contribution in [0.2, 0.25) is 0 Å². The Morgan fingerprint density at radius 1 is 1.58 bits per heavy atom. The Morgan fingerprint density at radius 3 is 3.08 bits per heavy atom. The van der Waals surface area contributed by atoms with Gasteiger partial charge in [0.15, 0.2) is 0 Å². The smallest absolute Gasteiger partial charge is 0.320 e. The summed E-state index contributed by atoms with van der Waals surface area (Å²) in [5.41, 5.74) is 0. The van der Waals surface area contributed by atoms with Crippen molar-refractivity contribution in [2.24, 2.45) is 0 Å². The molecule has 0 saturated carbocycles. The number of hydrogen-bond donors (Lipinski definition) is 0. The van der Waals surface area contributed by atoms with Gasteiger partial charge in [0, 0.05) is 12.7 Å². The number of hydrogen-bond acceptors (Lipinski definition) is 4. The normalized spacial score (nSPS) is 15.4. The molecule has 0 N–H and O–H groups in total. The Bertz CT molecular complexity index is 170. The van der Waals surface area contributed by atoms with Crippen LogP contribution in [-0.4, -0.2) is 29.6 Å². The Hall–Kier alpha value is -1.19. The molecule has 0 saturated heterocycles. The Morgan fingerprint density at radius 2 is 2.42 bits per heavy atom. The molecule has 0 aromatic heterocycles. The van der Waals surface area contributed by atoms with Gasteiger partial charge in [0.1, 0.15) is 6.67 Å². The maximum atomic E-state index is 9.97. The molecule has 0 fully saturated rings. The minimum Gasteiger partial charge on any atom is -0.356 e. The highest BCUT2D eigenvalue weighted by atomic mass is 16.7. The zero-order valence-electron chi connectivity index (χ0n) is 7.27. The van der Waals surface area contributed by atoms with Crippen LogP contribution in [0.3, 0.4) is 0 Å². The molecule has 0 aliphatic carbocycles. The average molecular weight is 170 g/mol. The van der Waals surface area contributed by atoms with Crippen LogP contribution in [0.25, 0.3) is 0 Å². The van der Waals surface area contributed by atoms with E-state index in [4.69, 9.17) is 0 Å². The third kappa shape index (κ3) is 2.45. The summed E-state index contributed by atoms with van der Waals surface area (Å²) in [6, 6.07) is 0. The lowest BCUT2D eigenvalue weighted by molar-refractivity contribution is -0.163. The molecule has 0 bridgehead atoms. The second kappa shape index (κ2) is 4.64. The van der Waals surface area contributed by atoms with Gasteiger partial charge in [0.25, 0.3) is 0 Å². The lowest BCUT2D eigenvalue weighted by atomic mass is 10.3. The van der Waals surface area contributed by atoms with Crippen molar-refractivity contribution in [1.29, 1.82) is 0 Å². The second-order valence-electron chi connectivity index (χ2n) is 2.72. The van der Waals surface area contributed by atoms with Crippen LogP contribution in [0.5, 0.6) is 0 Å². The SMILES string of the molecule is CCCCN1C=CN(OC=O)C1. The predicted molar refractivity (Wildman–Crippen MR) is 44.6 cm³/mol. The fourth-order valence-electron chi connectivity index (χ4n) is 1.07. The van der Waals surface area contributed by atoms with E-state index in [-0.39, 0.29) is 0 Å². The quantitative estimate of drug-likeness (QED) is 0.574. The lowest BCUT2D eigenvalue weighted by Gasteiger charge is -2.17. The molecular weight excluding hydrogens is 156 g/mol. The summed E-state index contributed by atoms with van der Waals surface area (Å²) >= 11 is 0. The van der Waals surface area contributed by atoms with Crippen molar-refractivity contribution in [3.8, 4) is 0 Å². The fraction of sp³-hybridized carbons (Fsp3) is 0.625. The molecule has 1 rings (SSSR count). The van der Waals surface area contributed by atoms with Gasteiger partial charge in [-0.3, -0.25) is 4.79 Å². The van der Waals surface area contributed by atoms with Gasteiger partial charge < -0.3 is 9.74 Å². The summed E-state index contributed by atoms with van der Waals surface area (Å²) in [4.78, 5) is 16.7. The largest absolute Gasteiger partial charge is 0.356 e. The Labute approximate surface area is 72.3 Å². The molecule has 0 unspecified atom stereocenters. The van der Waals surface area contributed by atoms with E-state index in [1.165, 1.54) is 17.9 Å². The van der Waals surface area contributed by atoms with E-state index >= 15 is 0 Å². The molecule has 12 heavy (non-hydrogen) atoms. The van der Waals surface area contributed by atoms with Crippen LogP contribution < -0.4 is 0 Å². The maximum absolute atomic E-state index is 9.97. The molecule has 4 heteroatoms. The summed E-state index contributed by atoms with van der Waals surface area (Å²) in [6.45, 7) is 4.26. The molecule has 4 nitrogen and oxygen atoms in total. The molecule has 1 aliphatic heterocycles. The highest BCUT2D eigenvalue weighted by Crippen LogP contribution is 2.06. The molecule has 0 aromatic carbocycles. The third-order valence-electron chi connectivity index (χ3n) is 1.74. The zero-order valence-corrected chi connectivity index (χ0v) is 7.27. The number of hydroxylamine groups is 2. The van der Waals surface area contributed by atoms with Crippen molar-refractivity contribution in [3.05, 3.63) is 12.4 Å². The number of carbonyl (C=O) groups is 1. The molecular formula is C8H14N2O2. The minimum absolute atomic E-state index is 0.438. The first-order valence-electron chi connectivity index (χ1n) is 4.16. The van der Waals surface area contributed by atoms with Crippen molar-refractivity contribution in [3.63, 3.8) is 0 Å². The van der Waals surface area contributed by atoms with E-state index < -0.39 is 0 Å². The highest BCUT2D eigenvalue weighted by Gasteiger charge is 2.11. The molecule has 0 aromatic rings. The second-order valence-corrected chi connectivity index (χ2v) is 2.72. The third-order valence-corrected chi connectivity index (χ3v) is 1.74. The van der Waals surface area contributed by atoms with Gasteiger partial charge in [0.05, 0.1) is 6.20 Å². The molecule has 68 valence electrons. The number of unbranched alkanes of at least 4 members (excludes halogenated alkanes) is 1. The zero-order chi connectivity index (χ0) is 8.81. The summed E-state index contributed by atoms with van der Waals surface area (Å²) < 4.78 is 0. The minimum atomic E-state index is 0.438. The van der Waals surface area contributed by atoms with Gasteiger partial charge >= 0.3 is 6.47 Å². The summed E-state index contributed by atoms with van der Waals surface area (Å²) in [5, 5.41) is 1.50. The maximum Gasteiger partial charge on any atom is 0.320 e. The molecule has 0 radical (unpaired) electrons. The summed E-state index contributed by atoms with van der Waals surface area (Å²) in [7, 11) is 0. The number of rotatable bonds is 5. The monoisotopic (exact) mass is 170 g/mol. The Balaban J connectivity index is 2.18. The summed E-state index contributed by atoms with van der Waals surface area (Å²) in [6.07, 6.45) is 6.03. The Kier molecular flexibility index (Phi) is 3.44. The molecule has 1 heterocycles. The fourth-order valence-corrected chi connectivity index (χ4v) is 1.07. The topological polar surface area (TPSA) is 32.8 Å². The van der Waals surface area contributed by atoms with Crippen LogP contribution in [0, 0.1) is 0 Å². The van der Waals surface area contributed by atoms with Crippen molar-refractivity contribution in [1.82, 2.24) is 9.96 Å². The van der Waals surface area contributed by atoms with Crippen LogP contribution in [0.4, 0.5) is 0 Å². The van der Waals surface area contributed by atoms with Gasteiger partial charge in [0.2, 0.25) is 0 Å². The average Bonchev–Trinajstić information content (AvgIpc) is 2.50. The lowest BCUT2D eigenvalue weighted by Crippen LogP contribution is -2.25. The van der Waals surface area contributed by atoms with Crippen molar-refractivity contribution < 1.29 is 9.63 Å². The molecule has 0 atom stereocenters.